The summed E-state index contributed by atoms with van der Waals surface area (Å²) in [6.45, 7) is 0. The van der Waals surface area contributed by atoms with Crippen molar-refractivity contribution in [1.29, 1.82) is 0 Å². The molecule has 0 N–H and O–H groups in total. The number of halogens is 1. The van der Waals surface area contributed by atoms with Crippen molar-refractivity contribution in [1.82, 2.24) is 4.98 Å². The van der Waals surface area contributed by atoms with Crippen molar-refractivity contribution < 1.29 is 0 Å². The summed E-state index contributed by atoms with van der Waals surface area (Å²) in [6, 6.07) is 20.5. The average molecular weight is 296 g/mol. The highest BCUT2D eigenvalue weighted by molar-refractivity contribution is 7.22. The SMILES string of the molecule is Clc1ccc(-c2nc3ccc4ccccc4c3s2)cc1. The first kappa shape index (κ1) is 11.9. The minimum Gasteiger partial charge on any atom is -0.236 e. The lowest BCUT2D eigenvalue weighted by Crippen LogP contribution is -1.75. The number of rotatable bonds is 1. The first-order valence-electron chi connectivity index (χ1n) is 6.35. The van der Waals surface area contributed by atoms with Crippen LogP contribution in [-0.4, -0.2) is 4.98 Å². The van der Waals surface area contributed by atoms with E-state index >= 15 is 0 Å². The van der Waals surface area contributed by atoms with Crippen molar-refractivity contribution in [3.63, 3.8) is 0 Å². The second-order valence-electron chi connectivity index (χ2n) is 4.66. The van der Waals surface area contributed by atoms with Gasteiger partial charge in [0, 0.05) is 16.0 Å². The normalized spacial score (nSPS) is 11.2. The van der Waals surface area contributed by atoms with E-state index in [1.165, 1.54) is 15.5 Å². The monoisotopic (exact) mass is 295 g/mol. The topological polar surface area (TPSA) is 12.9 Å². The molecule has 0 atom stereocenters. The van der Waals surface area contributed by atoms with Gasteiger partial charge in [0.2, 0.25) is 0 Å². The van der Waals surface area contributed by atoms with E-state index in [1.807, 2.05) is 24.3 Å². The van der Waals surface area contributed by atoms with Gasteiger partial charge in [-0.15, -0.1) is 11.3 Å². The van der Waals surface area contributed by atoms with E-state index in [0.717, 1.165) is 21.1 Å². The van der Waals surface area contributed by atoms with E-state index in [9.17, 15) is 0 Å². The van der Waals surface area contributed by atoms with Gasteiger partial charge in [-0.2, -0.15) is 0 Å². The molecule has 1 heterocycles. The molecule has 0 saturated heterocycles. The highest BCUT2D eigenvalue weighted by Gasteiger charge is 2.08. The van der Waals surface area contributed by atoms with Gasteiger partial charge in [-0.3, -0.25) is 0 Å². The number of hydrogen-bond donors (Lipinski definition) is 0. The molecule has 1 nitrogen and oxygen atoms in total. The van der Waals surface area contributed by atoms with Gasteiger partial charge in [-0.25, -0.2) is 4.98 Å². The second-order valence-corrected chi connectivity index (χ2v) is 6.10. The summed E-state index contributed by atoms with van der Waals surface area (Å²) >= 11 is 7.67. The van der Waals surface area contributed by atoms with Crippen LogP contribution in [-0.2, 0) is 0 Å². The Balaban J connectivity index is 1.98. The van der Waals surface area contributed by atoms with Gasteiger partial charge in [0.25, 0.3) is 0 Å². The lowest BCUT2D eigenvalue weighted by Gasteiger charge is -1.96. The number of benzene rings is 3. The summed E-state index contributed by atoms with van der Waals surface area (Å²) in [5, 5.41) is 4.31. The van der Waals surface area contributed by atoms with Crippen molar-refractivity contribution in [3.8, 4) is 10.6 Å². The Bertz CT molecular complexity index is 909. The van der Waals surface area contributed by atoms with Crippen LogP contribution in [0.2, 0.25) is 5.02 Å². The zero-order chi connectivity index (χ0) is 13.5. The van der Waals surface area contributed by atoms with Gasteiger partial charge in [0.05, 0.1) is 10.2 Å². The van der Waals surface area contributed by atoms with E-state index in [2.05, 4.69) is 36.4 Å². The van der Waals surface area contributed by atoms with E-state index < -0.39 is 0 Å². The molecule has 0 aliphatic heterocycles. The Kier molecular flexibility index (Phi) is 2.72. The van der Waals surface area contributed by atoms with Crippen molar-refractivity contribution in [2.24, 2.45) is 0 Å². The lowest BCUT2D eigenvalue weighted by molar-refractivity contribution is 1.48. The van der Waals surface area contributed by atoms with Crippen LogP contribution < -0.4 is 0 Å². The maximum Gasteiger partial charge on any atom is 0.124 e. The summed E-state index contributed by atoms with van der Waals surface area (Å²) in [5.74, 6) is 0. The molecule has 0 unspecified atom stereocenters. The Morgan fingerprint density at radius 3 is 2.50 bits per heavy atom. The minimum absolute atomic E-state index is 0.750. The molecule has 0 fully saturated rings. The molecule has 0 bridgehead atoms. The Morgan fingerprint density at radius 2 is 1.65 bits per heavy atom. The largest absolute Gasteiger partial charge is 0.236 e. The Hall–Kier alpha value is -1.90. The molecule has 4 rings (SSSR count). The fourth-order valence-corrected chi connectivity index (χ4v) is 3.60. The third-order valence-electron chi connectivity index (χ3n) is 3.37. The maximum atomic E-state index is 5.94. The summed E-state index contributed by atoms with van der Waals surface area (Å²) in [7, 11) is 0. The predicted octanol–water partition coefficient (Wildman–Crippen LogP) is 5.77. The van der Waals surface area contributed by atoms with Gasteiger partial charge in [-0.05, 0) is 23.6 Å². The predicted molar refractivity (Wildman–Crippen MR) is 87.6 cm³/mol. The Labute approximate surface area is 125 Å². The molecular formula is C17H10ClNS. The van der Waals surface area contributed by atoms with Gasteiger partial charge in [0.15, 0.2) is 0 Å². The molecular weight excluding hydrogens is 286 g/mol. The van der Waals surface area contributed by atoms with Crippen LogP contribution in [0, 0.1) is 0 Å². The third kappa shape index (κ3) is 1.89. The molecule has 1 aromatic heterocycles. The number of thiazole rings is 1. The number of hydrogen-bond acceptors (Lipinski definition) is 2. The summed E-state index contributed by atoms with van der Waals surface area (Å²) in [5.41, 5.74) is 2.17. The maximum absolute atomic E-state index is 5.94. The van der Waals surface area contributed by atoms with Crippen LogP contribution in [0.15, 0.2) is 60.7 Å². The molecule has 0 saturated carbocycles. The molecule has 96 valence electrons. The molecule has 0 amide bonds. The first-order chi connectivity index (χ1) is 9.81. The third-order valence-corrected chi connectivity index (χ3v) is 4.78. The van der Waals surface area contributed by atoms with Crippen LogP contribution in [0.4, 0.5) is 0 Å². The fourth-order valence-electron chi connectivity index (χ4n) is 2.37. The van der Waals surface area contributed by atoms with Gasteiger partial charge < -0.3 is 0 Å². The van der Waals surface area contributed by atoms with Gasteiger partial charge in [0.1, 0.15) is 5.01 Å². The summed E-state index contributed by atoms with van der Waals surface area (Å²) in [6.07, 6.45) is 0. The molecule has 3 heteroatoms. The average Bonchev–Trinajstić information content (AvgIpc) is 2.92. The number of aromatic nitrogens is 1. The summed E-state index contributed by atoms with van der Waals surface area (Å²) in [4.78, 5) is 4.74. The van der Waals surface area contributed by atoms with Gasteiger partial charge in [-0.1, -0.05) is 54.1 Å². The van der Waals surface area contributed by atoms with Crippen molar-refractivity contribution in [3.05, 3.63) is 65.7 Å². The second kappa shape index (κ2) is 4.58. The van der Waals surface area contributed by atoms with Crippen LogP contribution in [0.3, 0.4) is 0 Å². The van der Waals surface area contributed by atoms with Crippen LogP contribution >= 0.6 is 22.9 Å². The zero-order valence-corrected chi connectivity index (χ0v) is 12.1. The molecule has 0 spiro atoms. The van der Waals surface area contributed by atoms with Crippen LogP contribution in [0.5, 0.6) is 0 Å². The Morgan fingerprint density at radius 1 is 0.850 bits per heavy atom. The van der Waals surface area contributed by atoms with Gasteiger partial charge >= 0.3 is 0 Å². The molecule has 4 aromatic rings. The van der Waals surface area contributed by atoms with Crippen molar-refractivity contribution in [2.45, 2.75) is 0 Å². The molecule has 0 aliphatic carbocycles. The molecule has 20 heavy (non-hydrogen) atoms. The van der Waals surface area contributed by atoms with E-state index in [-0.39, 0.29) is 0 Å². The zero-order valence-electron chi connectivity index (χ0n) is 10.5. The van der Waals surface area contributed by atoms with Crippen LogP contribution in [0.1, 0.15) is 0 Å². The van der Waals surface area contributed by atoms with Crippen LogP contribution in [0.25, 0.3) is 31.6 Å². The smallest absolute Gasteiger partial charge is 0.124 e. The minimum atomic E-state index is 0.750. The van der Waals surface area contributed by atoms with E-state index in [4.69, 9.17) is 16.6 Å². The lowest BCUT2D eigenvalue weighted by atomic mass is 10.1. The van der Waals surface area contributed by atoms with E-state index in [1.54, 1.807) is 11.3 Å². The van der Waals surface area contributed by atoms with Crippen molar-refractivity contribution >= 4 is 43.9 Å². The van der Waals surface area contributed by atoms with E-state index in [0.29, 0.717) is 0 Å². The molecule has 3 aromatic carbocycles. The number of nitrogens with zero attached hydrogens (tertiary/aromatic N) is 1. The fraction of sp³-hybridized carbons (Fsp3) is 0. The number of fused-ring (bicyclic) bond motifs is 3. The van der Waals surface area contributed by atoms with Crippen molar-refractivity contribution in [2.75, 3.05) is 0 Å². The standard InChI is InChI=1S/C17H10ClNS/c18-13-8-5-12(6-9-13)17-19-15-10-7-11-3-1-2-4-14(11)16(15)20-17/h1-10H. The quantitative estimate of drug-likeness (QED) is 0.434. The molecule has 0 radical (unpaired) electrons. The highest BCUT2D eigenvalue weighted by atomic mass is 35.5. The first-order valence-corrected chi connectivity index (χ1v) is 7.55. The summed E-state index contributed by atoms with van der Waals surface area (Å²) < 4.78 is 1.24. The highest BCUT2D eigenvalue weighted by Crippen LogP contribution is 2.35. The molecule has 0 aliphatic rings.